The topological polar surface area (TPSA) is 133 Å². The largest absolute Gasteiger partial charge is 0.466 e. The molecule has 0 saturated heterocycles. The highest BCUT2D eigenvalue weighted by atomic mass is 16.5. The summed E-state index contributed by atoms with van der Waals surface area (Å²) < 4.78 is 15.9. The quantitative estimate of drug-likeness (QED) is 0.228. The lowest BCUT2D eigenvalue weighted by Gasteiger charge is -2.28. The van der Waals surface area contributed by atoms with E-state index in [1.54, 1.807) is 24.3 Å². The number of nitrogens with zero attached hydrogens (tertiary/aromatic N) is 1. The maximum atomic E-state index is 12.8. The molecule has 0 unspecified atom stereocenters. The van der Waals surface area contributed by atoms with Crippen LogP contribution in [0.2, 0.25) is 0 Å². The number of carbonyl (C=O) groups excluding carboxylic acids is 3. The second kappa shape index (κ2) is 12.9. The maximum absolute atomic E-state index is 12.8. The van der Waals surface area contributed by atoms with Crippen molar-refractivity contribution < 1.29 is 28.3 Å². The molecule has 1 aliphatic rings. The lowest BCUT2D eigenvalue weighted by Crippen LogP contribution is -2.37. The monoisotopic (exact) mass is 519 g/mol. The molecule has 1 fully saturated rings. The fourth-order valence-corrected chi connectivity index (χ4v) is 4.64. The van der Waals surface area contributed by atoms with Gasteiger partial charge in [0.25, 0.3) is 5.91 Å². The third-order valence-electron chi connectivity index (χ3n) is 6.70. The van der Waals surface area contributed by atoms with Gasteiger partial charge in [-0.3, -0.25) is 9.59 Å². The number of ether oxygens (including phenoxy) is 2. The molecule has 0 atom stereocenters. The second-order valence-electron chi connectivity index (χ2n) is 9.44. The van der Waals surface area contributed by atoms with E-state index in [1.165, 1.54) is 0 Å². The summed E-state index contributed by atoms with van der Waals surface area (Å²) in [6, 6.07) is 16.1. The summed E-state index contributed by atoms with van der Waals surface area (Å²) in [5, 5.41) is 3.73. The number of fused-ring (bicyclic) bond motifs is 1. The van der Waals surface area contributed by atoms with E-state index in [2.05, 4.69) is 10.3 Å². The van der Waals surface area contributed by atoms with E-state index in [-0.39, 0.29) is 36.1 Å². The van der Waals surface area contributed by atoms with E-state index in [4.69, 9.17) is 19.6 Å². The first-order chi connectivity index (χ1) is 18.4. The van der Waals surface area contributed by atoms with Crippen molar-refractivity contribution in [3.63, 3.8) is 0 Å². The lowest BCUT2D eigenvalue weighted by atomic mass is 9.83. The molecule has 9 nitrogen and oxygen atoms in total. The van der Waals surface area contributed by atoms with Crippen molar-refractivity contribution in [1.82, 2.24) is 5.32 Å². The van der Waals surface area contributed by atoms with Crippen molar-refractivity contribution in [3.8, 4) is 0 Å². The van der Waals surface area contributed by atoms with Crippen LogP contribution in [0.15, 0.2) is 64.0 Å². The third-order valence-corrected chi connectivity index (χ3v) is 6.70. The maximum Gasteiger partial charge on any atom is 0.435 e. The standard InChI is InChI=1S/C29H33N3O6/c1-2-36-26(33)15-10-19-8-12-23(13-9-19)31-28(34)25-17-22-16-21(11-14-24(22)38-25)27(30)32-29(35)37-18-20-6-4-3-5-7-20/h3-7,11,14,16-17,19,23H,2,8-10,12-13,15,18H2,1H3,(H,31,34)(H2,30,32,35). The summed E-state index contributed by atoms with van der Waals surface area (Å²) in [6.07, 6.45) is 4.12. The highest BCUT2D eigenvalue weighted by molar-refractivity contribution is 6.05. The fourth-order valence-electron chi connectivity index (χ4n) is 4.64. The van der Waals surface area contributed by atoms with Gasteiger partial charge >= 0.3 is 12.1 Å². The molecule has 0 bridgehead atoms. The van der Waals surface area contributed by atoms with E-state index < -0.39 is 6.09 Å². The molecule has 3 N–H and O–H groups in total. The van der Waals surface area contributed by atoms with Crippen LogP contribution in [0.5, 0.6) is 0 Å². The van der Waals surface area contributed by atoms with Crippen LogP contribution in [0.4, 0.5) is 4.79 Å². The Hall–Kier alpha value is -4.14. The Morgan fingerprint density at radius 3 is 2.53 bits per heavy atom. The van der Waals surface area contributed by atoms with Crippen LogP contribution in [0.25, 0.3) is 11.0 Å². The van der Waals surface area contributed by atoms with Gasteiger partial charge in [-0.05, 0) is 74.8 Å². The SMILES string of the molecule is CCOC(=O)CCC1CCC(NC(=O)c2cc3cc(/C(N)=N/C(=O)OCc4ccccc4)ccc3o2)CC1. The molecule has 1 aromatic heterocycles. The van der Waals surface area contributed by atoms with Gasteiger partial charge in [0.2, 0.25) is 0 Å². The minimum absolute atomic E-state index is 0.0110. The molecule has 38 heavy (non-hydrogen) atoms. The molecule has 2 amide bonds. The average molecular weight is 520 g/mol. The first kappa shape index (κ1) is 26.9. The molecule has 0 spiro atoms. The average Bonchev–Trinajstić information content (AvgIpc) is 3.36. The van der Waals surface area contributed by atoms with Crippen LogP contribution in [-0.4, -0.2) is 36.5 Å². The number of aliphatic imine (C=N–C) groups is 1. The third kappa shape index (κ3) is 7.44. The van der Waals surface area contributed by atoms with E-state index in [0.29, 0.717) is 35.5 Å². The van der Waals surface area contributed by atoms with Crippen molar-refractivity contribution >= 4 is 34.8 Å². The minimum atomic E-state index is -0.783. The normalized spacial score (nSPS) is 17.7. The number of nitrogens with two attached hydrogens (primary N) is 1. The van der Waals surface area contributed by atoms with Gasteiger partial charge in [0.15, 0.2) is 5.76 Å². The number of esters is 1. The van der Waals surface area contributed by atoms with Gasteiger partial charge in [-0.25, -0.2) is 4.79 Å². The second-order valence-corrected chi connectivity index (χ2v) is 9.44. The highest BCUT2D eigenvalue weighted by Gasteiger charge is 2.24. The number of amides is 2. The zero-order valence-corrected chi connectivity index (χ0v) is 21.5. The van der Waals surface area contributed by atoms with Crippen LogP contribution in [0.3, 0.4) is 0 Å². The number of carbonyl (C=O) groups is 3. The number of nitrogens with one attached hydrogen (secondary N) is 1. The Kier molecular flexibility index (Phi) is 9.13. The number of furan rings is 1. The highest BCUT2D eigenvalue weighted by Crippen LogP contribution is 2.28. The zero-order chi connectivity index (χ0) is 26.9. The van der Waals surface area contributed by atoms with Gasteiger partial charge in [-0.15, -0.1) is 0 Å². The van der Waals surface area contributed by atoms with Gasteiger partial charge in [0.1, 0.15) is 18.0 Å². The molecule has 3 aromatic rings. The zero-order valence-electron chi connectivity index (χ0n) is 21.5. The Morgan fingerprint density at radius 2 is 1.79 bits per heavy atom. The van der Waals surface area contributed by atoms with E-state index in [1.807, 2.05) is 37.3 Å². The molecular formula is C29H33N3O6. The van der Waals surface area contributed by atoms with Crippen molar-refractivity contribution in [2.24, 2.45) is 16.6 Å². The summed E-state index contributed by atoms with van der Waals surface area (Å²) >= 11 is 0. The predicted octanol–water partition coefficient (Wildman–Crippen LogP) is 5.11. The van der Waals surface area contributed by atoms with E-state index >= 15 is 0 Å². The van der Waals surface area contributed by atoms with Gasteiger partial charge in [-0.2, -0.15) is 4.99 Å². The smallest absolute Gasteiger partial charge is 0.435 e. The Morgan fingerprint density at radius 1 is 1.03 bits per heavy atom. The lowest BCUT2D eigenvalue weighted by molar-refractivity contribution is -0.143. The molecule has 0 aliphatic heterocycles. The summed E-state index contributed by atoms with van der Waals surface area (Å²) in [6.45, 7) is 2.32. The first-order valence-electron chi connectivity index (χ1n) is 13.0. The van der Waals surface area contributed by atoms with Crippen LogP contribution >= 0.6 is 0 Å². The fraction of sp³-hybridized carbons (Fsp3) is 0.379. The molecule has 0 radical (unpaired) electrons. The van der Waals surface area contributed by atoms with Gasteiger partial charge in [0, 0.05) is 23.4 Å². The summed E-state index contributed by atoms with van der Waals surface area (Å²) in [5.74, 6) is 0.270. The van der Waals surface area contributed by atoms with Crippen LogP contribution in [0, 0.1) is 5.92 Å². The van der Waals surface area contributed by atoms with E-state index in [0.717, 1.165) is 37.7 Å². The number of rotatable bonds is 9. The predicted molar refractivity (Wildman–Crippen MR) is 143 cm³/mol. The van der Waals surface area contributed by atoms with Crippen LogP contribution < -0.4 is 11.1 Å². The van der Waals surface area contributed by atoms with Crippen molar-refractivity contribution in [3.05, 3.63) is 71.5 Å². The minimum Gasteiger partial charge on any atom is -0.466 e. The van der Waals surface area contributed by atoms with Gasteiger partial charge in [0.05, 0.1) is 6.61 Å². The number of hydrogen-bond acceptors (Lipinski definition) is 6. The van der Waals surface area contributed by atoms with E-state index in [9.17, 15) is 14.4 Å². The van der Waals surface area contributed by atoms with Crippen LogP contribution in [-0.2, 0) is 20.9 Å². The molecule has 2 aromatic carbocycles. The number of amidine groups is 1. The van der Waals surface area contributed by atoms with Gasteiger partial charge in [-0.1, -0.05) is 30.3 Å². The Balaban J connectivity index is 1.30. The summed E-state index contributed by atoms with van der Waals surface area (Å²) in [4.78, 5) is 40.3. The Labute approximate surface area is 221 Å². The van der Waals surface area contributed by atoms with Gasteiger partial charge < -0.3 is 24.9 Å². The number of benzene rings is 2. The van der Waals surface area contributed by atoms with Crippen LogP contribution in [0.1, 0.15) is 67.1 Å². The van der Waals surface area contributed by atoms with Crippen molar-refractivity contribution in [2.45, 2.75) is 58.1 Å². The summed E-state index contributed by atoms with van der Waals surface area (Å²) in [7, 11) is 0. The molecular weight excluding hydrogens is 486 g/mol. The molecule has 1 heterocycles. The Bertz CT molecular complexity index is 1290. The molecule has 4 rings (SSSR count). The molecule has 1 saturated carbocycles. The number of hydrogen-bond donors (Lipinski definition) is 2. The van der Waals surface area contributed by atoms with Crippen molar-refractivity contribution in [2.75, 3.05) is 6.61 Å². The summed E-state index contributed by atoms with van der Waals surface area (Å²) in [5.41, 5.74) is 7.92. The first-order valence-corrected chi connectivity index (χ1v) is 13.0. The molecule has 9 heteroatoms. The van der Waals surface area contributed by atoms with Crippen molar-refractivity contribution in [1.29, 1.82) is 0 Å². The molecule has 1 aliphatic carbocycles. The molecule has 200 valence electrons.